The number of hydrogen-bond acceptors (Lipinski definition) is 4. The minimum Gasteiger partial charge on any atom is -0.497 e. The second kappa shape index (κ2) is 6.13. The van der Waals surface area contributed by atoms with Crippen LogP contribution in [0.5, 0.6) is 5.75 Å². The van der Waals surface area contributed by atoms with Crippen molar-refractivity contribution in [2.75, 3.05) is 26.7 Å². The Bertz CT molecular complexity index is 781. The summed E-state index contributed by atoms with van der Waals surface area (Å²) in [7, 11) is 1.69. The number of piperidine rings is 3. The summed E-state index contributed by atoms with van der Waals surface area (Å²) >= 11 is 0. The van der Waals surface area contributed by atoms with Crippen molar-refractivity contribution in [3.63, 3.8) is 0 Å². The topological polar surface area (TPSA) is 61.5 Å². The minimum atomic E-state index is 0.0854. The van der Waals surface area contributed by atoms with Gasteiger partial charge >= 0.3 is 0 Å². The number of methoxy groups -OCH3 is 1. The molecule has 1 N–H and O–H groups in total. The quantitative estimate of drug-likeness (QED) is 0.919. The van der Waals surface area contributed by atoms with Crippen molar-refractivity contribution in [2.45, 2.75) is 30.8 Å². The van der Waals surface area contributed by atoms with Crippen LogP contribution in [0.1, 0.15) is 34.8 Å². The number of aromatic amines is 1. The Balaban J connectivity index is 1.51. The lowest BCUT2D eigenvalue weighted by Crippen LogP contribution is -2.60. The molecule has 1 aromatic heterocycles. The SMILES string of the molecule is COc1ccc([C@@H]2CN(C(=O)c3ccn[nH]3)[C@@H]3C4CCN(CC4)[C@@H]32)cc1. The fourth-order valence-electron chi connectivity index (χ4n) is 5.33. The van der Waals surface area contributed by atoms with Crippen molar-refractivity contribution in [3.05, 3.63) is 47.8 Å². The summed E-state index contributed by atoms with van der Waals surface area (Å²) in [5, 5.41) is 6.82. The molecule has 0 radical (unpaired) electrons. The molecular formula is C20H24N4O2. The molecule has 2 bridgehead atoms. The van der Waals surface area contributed by atoms with Gasteiger partial charge in [-0.1, -0.05) is 12.1 Å². The van der Waals surface area contributed by atoms with Crippen LogP contribution in [0.2, 0.25) is 0 Å². The molecule has 0 aliphatic carbocycles. The van der Waals surface area contributed by atoms with Crippen molar-refractivity contribution in [3.8, 4) is 5.75 Å². The molecule has 0 spiro atoms. The molecule has 3 atom stereocenters. The predicted molar refractivity (Wildman–Crippen MR) is 97.2 cm³/mol. The van der Waals surface area contributed by atoms with Crippen molar-refractivity contribution < 1.29 is 9.53 Å². The predicted octanol–water partition coefficient (Wildman–Crippen LogP) is 2.12. The van der Waals surface area contributed by atoms with Gasteiger partial charge in [0.15, 0.2) is 0 Å². The molecule has 6 nitrogen and oxygen atoms in total. The van der Waals surface area contributed by atoms with E-state index in [-0.39, 0.29) is 5.91 Å². The highest BCUT2D eigenvalue weighted by Gasteiger charge is 2.54. The zero-order valence-corrected chi connectivity index (χ0v) is 15.0. The standard InChI is InChI=1S/C20H24N4O2/c1-26-15-4-2-13(3-5-15)16-12-24(20(25)17-6-9-21-22-17)18-14-7-10-23(11-8-14)19(16)18/h2-6,9,14,16,18-19H,7-8,10-12H2,1H3,(H,21,22)/t16-,18+,19+/m0/s1. The number of carbonyl (C=O) groups is 1. The van der Waals surface area contributed by atoms with E-state index in [2.05, 4.69) is 32.1 Å². The number of carbonyl (C=O) groups excluding carboxylic acids is 1. The maximum Gasteiger partial charge on any atom is 0.272 e. The number of aromatic nitrogens is 2. The number of likely N-dealkylation sites (tertiary alicyclic amines) is 1. The van der Waals surface area contributed by atoms with E-state index in [1.807, 2.05) is 12.1 Å². The summed E-state index contributed by atoms with van der Waals surface area (Å²) in [6.45, 7) is 3.08. The van der Waals surface area contributed by atoms with E-state index < -0.39 is 0 Å². The lowest BCUT2D eigenvalue weighted by molar-refractivity contribution is -0.00358. The summed E-state index contributed by atoms with van der Waals surface area (Å²) in [4.78, 5) is 17.9. The van der Waals surface area contributed by atoms with E-state index in [4.69, 9.17) is 4.74 Å². The first-order valence-electron chi connectivity index (χ1n) is 9.44. The van der Waals surface area contributed by atoms with Crippen LogP contribution in [0.3, 0.4) is 0 Å². The number of nitrogens with zero attached hydrogens (tertiary/aromatic N) is 3. The van der Waals surface area contributed by atoms with E-state index in [0.29, 0.717) is 29.6 Å². The van der Waals surface area contributed by atoms with Crippen molar-refractivity contribution in [2.24, 2.45) is 5.92 Å². The van der Waals surface area contributed by atoms with Crippen LogP contribution in [0, 0.1) is 5.92 Å². The molecule has 26 heavy (non-hydrogen) atoms. The molecule has 6 rings (SSSR count). The van der Waals surface area contributed by atoms with Gasteiger partial charge in [-0.05, 0) is 55.6 Å². The summed E-state index contributed by atoms with van der Waals surface area (Å²) in [6, 6.07) is 10.9. The fraction of sp³-hybridized carbons (Fsp3) is 0.500. The Morgan fingerprint density at radius 2 is 1.92 bits per heavy atom. The van der Waals surface area contributed by atoms with Gasteiger partial charge in [0.2, 0.25) is 0 Å². The van der Waals surface area contributed by atoms with Crippen LogP contribution in [-0.4, -0.2) is 64.7 Å². The first-order valence-corrected chi connectivity index (χ1v) is 9.44. The van der Waals surface area contributed by atoms with Crippen molar-refractivity contribution in [1.29, 1.82) is 0 Å². The first kappa shape index (κ1) is 15.9. The highest BCUT2D eigenvalue weighted by molar-refractivity contribution is 5.92. The van der Waals surface area contributed by atoms with Crippen molar-refractivity contribution >= 4 is 5.91 Å². The number of rotatable bonds is 3. The van der Waals surface area contributed by atoms with Crippen LogP contribution in [0.25, 0.3) is 0 Å². The highest BCUT2D eigenvalue weighted by atomic mass is 16.5. The molecule has 6 heteroatoms. The average molecular weight is 352 g/mol. The van der Waals surface area contributed by atoms with Gasteiger partial charge in [-0.3, -0.25) is 14.8 Å². The van der Waals surface area contributed by atoms with Crippen LogP contribution in [-0.2, 0) is 0 Å². The number of hydrogen-bond donors (Lipinski definition) is 1. The lowest BCUT2D eigenvalue weighted by atomic mass is 9.75. The molecule has 0 saturated carbocycles. The van der Waals surface area contributed by atoms with Gasteiger partial charge in [-0.15, -0.1) is 0 Å². The van der Waals surface area contributed by atoms with Gasteiger partial charge in [0, 0.05) is 24.7 Å². The molecule has 136 valence electrons. The molecule has 4 saturated heterocycles. The molecule has 2 aromatic rings. The molecule has 1 aromatic carbocycles. The Labute approximate surface area is 153 Å². The van der Waals surface area contributed by atoms with Crippen LogP contribution in [0.15, 0.2) is 36.5 Å². The van der Waals surface area contributed by atoms with Crippen LogP contribution >= 0.6 is 0 Å². The third-order valence-corrected chi connectivity index (χ3v) is 6.53. The average Bonchev–Trinajstić information content (AvgIpc) is 3.38. The van der Waals surface area contributed by atoms with E-state index in [1.54, 1.807) is 19.4 Å². The third-order valence-electron chi connectivity index (χ3n) is 6.53. The molecular weight excluding hydrogens is 328 g/mol. The number of H-pyrrole nitrogens is 1. The van der Waals surface area contributed by atoms with E-state index in [9.17, 15) is 4.79 Å². The number of ether oxygens (including phenoxy) is 1. The fourth-order valence-corrected chi connectivity index (χ4v) is 5.33. The number of nitrogens with one attached hydrogen (secondary N) is 1. The molecule has 0 unspecified atom stereocenters. The third kappa shape index (κ3) is 2.35. The second-order valence-corrected chi connectivity index (χ2v) is 7.66. The molecule has 5 heterocycles. The maximum atomic E-state index is 13.1. The second-order valence-electron chi connectivity index (χ2n) is 7.66. The number of fused-ring (bicyclic) bond motifs is 2. The van der Waals surface area contributed by atoms with Gasteiger partial charge in [0.05, 0.1) is 13.2 Å². The monoisotopic (exact) mass is 352 g/mol. The summed E-state index contributed by atoms with van der Waals surface area (Å²) < 4.78 is 5.31. The van der Waals surface area contributed by atoms with Gasteiger partial charge < -0.3 is 9.64 Å². The van der Waals surface area contributed by atoms with Gasteiger partial charge in [-0.25, -0.2) is 0 Å². The van der Waals surface area contributed by atoms with Gasteiger partial charge in [0.1, 0.15) is 11.4 Å². The van der Waals surface area contributed by atoms with Gasteiger partial charge in [0.25, 0.3) is 5.91 Å². The van der Waals surface area contributed by atoms with E-state index >= 15 is 0 Å². The molecule has 4 fully saturated rings. The van der Waals surface area contributed by atoms with Gasteiger partial charge in [-0.2, -0.15) is 5.10 Å². The van der Waals surface area contributed by atoms with Crippen LogP contribution < -0.4 is 4.74 Å². The van der Waals surface area contributed by atoms with Crippen LogP contribution in [0.4, 0.5) is 0 Å². The Morgan fingerprint density at radius 1 is 1.15 bits per heavy atom. The Kier molecular flexibility index (Phi) is 3.74. The zero-order chi connectivity index (χ0) is 17.7. The Hall–Kier alpha value is -2.34. The normalized spacial score (nSPS) is 32.5. The molecule has 1 amide bonds. The molecule has 4 aliphatic heterocycles. The molecule has 4 aliphatic rings. The lowest BCUT2D eigenvalue weighted by Gasteiger charge is -2.51. The summed E-state index contributed by atoms with van der Waals surface area (Å²) in [5.41, 5.74) is 1.89. The first-order chi connectivity index (χ1) is 12.8. The highest BCUT2D eigenvalue weighted by Crippen LogP contribution is 2.47. The summed E-state index contributed by atoms with van der Waals surface area (Å²) in [5.74, 6) is 1.92. The maximum absolute atomic E-state index is 13.1. The van der Waals surface area contributed by atoms with E-state index in [1.165, 1.54) is 18.4 Å². The minimum absolute atomic E-state index is 0.0854. The summed E-state index contributed by atoms with van der Waals surface area (Å²) in [6.07, 6.45) is 4.05. The largest absolute Gasteiger partial charge is 0.497 e. The number of benzene rings is 1. The zero-order valence-electron chi connectivity index (χ0n) is 15.0. The van der Waals surface area contributed by atoms with E-state index in [0.717, 1.165) is 25.4 Å². The van der Waals surface area contributed by atoms with Crippen molar-refractivity contribution in [1.82, 2.24) is 20.0 Å². The smallest absolute Gasteiger partial charge is 0.272 e. The number of amides is 1. The Morgan fingerprint density at radius 3 is 2.58 bits per heavy atom.